The number of anilines is 6. The van der Waals surface area contributed by atoms with Gasteiger partial charge in [0.05, 0.1) is 55.5 Å². The molecule has 3 heterocycles. The first kappa shape index (κ1) is 24.7. The van der Waals surface area contributed by atoms with Gasteiger partial charge in [0, 0.05) is 25.4 Å². The van der Waals surface area contributed by atoms with Crippen molar-refractivity contribution in [1.82, 2.24) is 25.0 Å². The molecule has 38 heavy (non-hydrogen) atoms. The SMILES string of the molecule is C=CC(=O)Nc1cc(Nc2nccc(Nc3ccccc3-n3nccn3)n2)c(OC)cc1N1CCOCC1. The first-order valence-corrected chi connectivity index (χ1v) is 12.0. The molecule has 3 N–H and O–H groups in total. The zero-order valence-electron chi connectivity index (χ0n) is 20.8. The van der Waals surface area contributed by atoms with Crippen LogP contribution in [-0.2, 0) is 9.53 Å². The van der Waals surface area contributed by atoms with E-state index in [4.69, 9.17) is 9.47 Å². The molecule has 1 saturated heterocycles. The van der Waals surface area contributed by atoms with Gasteiger partial charge in [-0.3, -0.25) is 4.79 Å². The van der Waals surface area contributed by atoms with Gasteiger partial charge in [0.1, 0.15) is 17.3 Å². The number of hydrogen-bond donors (Lipinski definition) is 3. The predicted octanol–water partition coefficient (Wildman–Crippen LogP) is 3.51. The maximum atomic E-state index is 12.2. The van der Waals surface area contributed by atoms with E-state index in [1.807, 2.05) is 30.3 Å². The minimum Gasteiger partial charge on any atom is -0.494 e. The van der Waals surface area contributed by atoms with Crippen molar-refractivity contribution in [3.8, 4) is 11.4 Å². The third-order valence-electron chi connectivity index (χ3n) is 5.82. The van der Waals surface area contributed by atoms with Crippen LogP contribution < -0.4 is 25.6 Å². The highest BCUT2D eigenvalue weighted by atomic mass is 16.5. The van der Waals surface area contributed by atoms with E-state index in [1.54, 1.807) is 37.8 Å². The quantitative estimate of drug-likeness (QED) is 0.286. The van der Waals surface area contributed by atoms with Crippen LogP contribution in [0.2, 0.25) is 0 Å². The molecule has 0 saturated carbocycles. The Labute approximate surface area is 219 Å². The molecule has 1 aliphatic heterocycles. The fourth-order valence-corrected chi connectivity index (χ4v) is 4.03. The van der Waals surface area contributed by atoms with E-state index < -0.39 is 0 Å². The Morgan fingerprint density at radius 2 is 1.79 bits per heavy atom. The molecule has 12 nitrogen and oxygen atoms in total. The number of amides is 1. The minimum absolute atomic E-state index is 0.316. The molecule has 2 aromatic carbocycles. The van der Waals surface area contributed by atoms with Gasteiger partial charge in [0.2, 0.25) is 11.9 Å². The van der Waals surface area contributed by atoms with E-state index in [0.717, 1.165) is 17.1 Å². The van der Waals surface area contributed by atoms with E-state index in [1.165, 1.54) is 10.9 Å². The maximum Gasteiger partial charge on any atom is 0.247 e. The summed E-state index contributed by atoms with van der Waals surface area (Å²) in [5.41, 5.74) is 3.56. The fraction of sp³-hybridized carbons (Fsp3) is 0.192. The molecule has 5 rings (SSSR count). The van der Waals surface area contributed by atoms with Crippen molar-refractivity contribution >= 4 is 40.4 Å². The third-order valence-corrected chi connectivity index (χ3v) is 5.82. The van der Waals surface area contributed by atoms with Crippen LogP contribution in [-0.4, -0.2) is 64.3 Å². The lowest BCUT2D eigenvalue weighted by Crippen LogP contribution is -2.36. The van der Waals surface area contributed by atoms with Crippen LogP contribution in [0, 0.1) is 0 Å². The Morgan fingerprint density at radius 3 is 2.55 bits per heavy atom. The summed E-state index contributed by atoms with van der Waals surface area (Å²) in [5, 5.41) is 17.8. The number of aromatic nitrogens is 5. The van der Waals surface area contributed by atoms with Gasteiger partial charge in [-0.1, -0.05) is 18.7 Å². The van der Waals surface area contributed by atoms with E-state index in [9.17, 15) is 4.79 Å². The molecule has 1 amide bonds. The average molecular weight is 514 g/mol. The molecule has 1 aliphatic rings. The number of benzene rings is 2. The minimum atomic E-state index is -0.316. The fourth-order valence-electron chi connectivity index (χ4n) is 4.03. The normalized spacial score (nSPS) is 13.0. The summed E-state index contributed by atoms with van der Waals surface area (Å²) in [6, 6.07) is 13.1. The highest BCUT2D eigenvalue weighted by molar-refractivity contribution is 6.02. The molecule has 0 aliphatic carbocycles. The topological polar surface area (TPSA) is 131 Å². The summed E-state index contributed by atoms with van der Waals surface area (Å²) in [4.78, 5) is 24.9. The van der Waals surface area contributed by atoms with Crippen molar-refractivity contribution in [1.29, 1.82) is 0 Å². The summed E-state index contributed by atoms with van der Waals surface area (Å²) < 4.78 is 11.2. The van der Waals surface area contributed by atoms with E-state index >= 15 is 0 Å². The van der Waals surface area contributed by atoms with Crippen molar-refractivity contribution in [3.05, 3.63) is 73.7 Å². The lowest BCUT2D eigenvalue weighted by atomic mass is 10.1. The molecule has 0 bridgehead atoms. The average Bonchev–Trinajstić information content (AvgIpc) is 3.49. The first-order chi connectivity index (χ1) is 18.6. The molecular weight excluding hydrogens is 486 g/mol. The Balaban J connectivity index is 1.43. The van der Waals surface area contributed by atoms with Gasteiger partial charge >= 0.3 is 0 Å². The van der Waals surface area contributed by atoms with Crippen LogP contribution in [0.3, 0.4) is 0 Å². The lowest BCUT2D eigenvalue weighted by Gasteiger charge is -2.31. The van der Waals surface area contributed by atoms with Crippen molar-refractivity contribution in [2.75, 3.05) is 54.3 Å². The standard InChI is InChI=1S/C26H27N9O3/c1-3-25(36)31-19-16-20(23(37-2)17-22(19)34-12-14-38-15-13-34)32-26-27-9-8-24(33-26)30-18-6-4-5-7-21(18)35-28-10-11-29-35/h3-11,16-17H,1,12-15H2,2H3,(H,31,36)(H2,27,30,32,33). The zero-order valence-corrected chi connectivity index (χ0v) is 20.8. The van der Waals surface area contributed by atoms with Crippen LogP contribution in [0.1, 0.15) is 0 Å². The van der Waals surface area contributed by atoms with Crippen LogP contribution >= 0.6 is 0 Å². The van der Waals surface area contributed by atoms with Crippen LogP contribution in [0.15, 0.2) is 73.7 Å². The molecule has 0 atom stereocenters. The predicted molar refractivity (Wildman–Crippen MR) is 145 cm³/mol. The number of hydrogen-bond acceptors (Lipinski definition) is 10. The number of carbonyl (C=O) groups excluding carboxylic acids is 1. The van der Waals surface area contributed by atoms with Gasteiger partial charge in [0.15, 0.2) is 0 Å². The smallest absolute Gasteiger partial charge is 0.247 e. The summed E-state index contributed by atoms with van der Waals surface area (Å²) in [7, 11) is 1.59. The van der Waals surface area contributed by atoms with Gasteiger partial charge in [-0.05, 0) is 30.3 Å². The Bertz CT molecular complexity index is 1420. The van der Waals surface area contributed by atoms with Gasteiger partial charge in [-0.15, -0.1) is 4.80 Å². The zero-order chi connectivity index (χ0) is 26.3. The monoisotopic (exact) mass is 513 g/mol. The van der Waals surface area contributed by atoms with Gasteiger partial charge in [-0.25, -0.2) is 4.98 Å². The first-order valence-electron chi connectivity index (χ1n) is 12.0. The van der Waals surface area contributed by atoms with Crippen LogP contribution in [0.4, 0.5) is 34.5 Å². The number of rotatable bonds is 9. The number of para-hydroxylation sites is 2. The second-order valence-corrected chi connectivity index (χ2v) is 8.21. The number of carbonyl (C=O) groups is 1. The van der Waals surface area contributed by atoms with E-state index in [-0.39, 0.29) is 5.91 Å². The number of nitrogens with one attached hydrogen (secondary N) is 3. The Kier molecular flexibility index (Phi) is 7.41. The van der Waals surface area contributed by atoms with Crippen LogP contribution in [0.25, 0.3) is 5.69 Å². The molecule has 12 heteroatoms. The summed E-state index contributed by atoms with van der Waals surface area (Å²) in [6.07, 6.45) is 6.11. The Hall–Kier alpha value is -4.97. The molecule has 0 unspecified atom stereocenters. The second kappa shape index (κ2) is 11.4. The maximum absolute atomic E-state index is 12.2. The molecular formula is C26H27N9O3. The van der Waals surface area contributed by atoms with Gasteiger partial charge < -0.3 is 30.3 Å². The highest BCUT2D eigenvalue weighted by Crippen LogP contribution is 2.38. The molecule has 4 aromatic rings. The largest absolute Gasteiger partial charge is 0.494 e. The van der Waals surface area contributed by atoms with Gasteiger partial charge in [0.25, 0.3) is 0 Å². The number of nitrogens with zero attached hydrogens (tertiary/aromatic N) is 6. The summed E-state index contributed by atoms with van der Waals surface area (Å²) in [5.74, 6) is 1.15. The van der Waals surface area contributed by atoms with Crippen LogP contribution in [0.5, 0.6) is 5.75 Å². The summed E-state index contributed by atoms with van der Waals surface area (Å²) >= 11 is 0. The van der Waals surface area contributed by atoms with Crippen molar-refractivity contribution in [3.63, 3.8) is 0 Å². The van der Waals surface area contributed by atoms with E-state index in [0.29, 0.717) is 55.2 Å². The second-order valence-electron chi connectivity index (χ2n) is 8.21. The van der Waals surface area contributed by atoms with E-state index in [2.05, 4.69) is 47.6 Å². The van der Waals surface area contributed by atoms with Crippen molar-refractivity contribution < 1.29 is 14.3 Å². The molecule has 0 radical (unpaired) electrons. The van der Waals surface area contributed by atoms with Crippen molar-refractivity contribution in [2.24, 2.45) is 0 Å². The third kappa shape index (κ3) is 5.55. The number of methoxy groups -OCH3 is 1. The number of morpholine rings is 1. The lowest BCUT2D eigenvalue weighted by molar-refractivity contribution is -0.111. The Morgan fingerprint density at radius 1 is 1.00 bits per heavy atom. The molecule has 1 fully saturated rings. The highest BCUT2D eigenvalue weighted by Gasteiger charge is 2.20. The van der Waals surface area contributed by atoms with Crippen molar-refractivity contribution in [2.45, 2.75) is 0 Å². The molecule has 0 spiro atoms. The number of ether oxygens (including phenoxy) is 2. The summed E-state index contributed by atoms with van der Waals surface area (Å²) in [6.45, 7) is 6.16. The van der Waals surface area contributed by atoms with Gasteiger partial charge in [-0.2, -0.15) is 15.2 Å². The molecule has 194 valence electrons. The molecule has 2 aromatic heterocycles.